The van der Waals surface area contributed by atoms with Crippen LogP contribution in [-0.4, -0.2) is 37.2 Å². The molecule has 0 amide bonds. The van der Waals surface area contributed by atoms with Crippen molar-refractivity contribution in [2.75, 3.05) is 20.3 Å². The molecule has 3 heteroatoms. The van der Waals surface area contributed by atoms with E-state index in [0.29, 0.717) is 23.4 Å². The standard InChI is InChI=1S/C17H32N2O/c1-7-19(13(2)12-20-6)16-10-15(17(3,4)5)9-8-14(16)11-18/h13-16H,7-10,12H2,1-6H3. The molecular weight excluding hydrogens is 248 g/mol. The second-order valence-electron chi connectivity index (χ2n) is 7.31. The van der Waals surface area contributed by atoms with E-state index in [1.54, 1.807) is 7.11 Å². The molecule has 0 radical (unpaired) electrons. The Morgan fingerprint density at radius 3 is 2.45 bits per heavy atom. The van der Waals surface area contributed by atoms with Crippen molar-refractivity contribution in [2.24, 2.45) is 17.3 Å². The first-order chi connectivity index (χ1) is 9.35. The highest BCUT2D eigenvalue weighted by atomic mass is 16.5. The lowest BCUT2D eigenvalue weighted by atomic mass is 9.67. The van der Waals surface area contributed by atoms with E-state index in [4.69, 9.17) is 4.74 Å². The number of hydrogen-bond acceptors (Lipinski definition) is 3. The van der Waals surface area contributed by atoms with E-state index in [9.17, 15) is 5.26 Å². The van der Waals surface area contributed by atoms with Crippen molar-refractivity contribution in [3.05, 3.63) is 0 Å². The van der Waals surface area contributed by atoms with Crippen LogP contribution in [0.15, 0.2) is 0 Å². The maximum atomic E-state index is 9.50. The Hall–Kier alpha value is -0.590. The fourth-order valence-corrected chi connectivity index (χ4v) is 3.66. The topological polar surface area (TPSA) is 36.3 Å². The van der Waals surface area contributed by atoms with Gasteiger partial charge in [-0.1, -0.05) is 27.7 Å². The molecule has 0 spiro atoms. The van der Waals surface area contributed by atoms with Crippen molar-refractivity contribution < 1.29 is 4.74 Å². The van der Waals surface area contributed by atoms with E-state index in [1.807, 2.05) is 0 Å². The number of rotatable bonds is 5. The Morgan fingerprint density at radius 1 is 1.35 bits per heavy atom. The fraction of sp³-hybridized carbons (Fsp3) is 0.941. The van der Waals surface area contributed by atoms with E-state index >= 15 is 0 Å². The monoisotopic (exact) mass is 280 g/mol. The van der Waals surface area contributed by atoms with E-state index in [1.165, 1.54) is 6.42 Å². The van der Waals surface area contributed by atoms with Crippen molar-refractivity contribution in [1.29, 1.82) is 5.26 Å². The highest BCUT2D eigenvalue weighted by Gasteiger charge is 2.39. The van der Waals surface area contributed by atoms with Crippen LogP contribution in [0.4, 0.5) is 0 Å². The van der Waals surface area contributed by atoms with E-state index in [0.717, 1.165) is 26.0 Å². The molecule has 116 valence electrons. The Morgan fingerprint density at radius 2 is 2.00 bits per heavy atom. The molecular formula is C17H32N2O. The maximum Gasteiger partial charge on any atom is 0.0672 e. The predicted molar refractivity (Wildman–Crippen MR) is 83.4 cm³/mol. The summed E-state index contributed by atoms with van der Waals surface area (Å²) in [4.78, 5) is 2.48. The van der Waals surface area contributed by atoms with Gasteiger partial charge in [-0.05, 0) is 44.1 Å². The van der Waals surface area contributed by atoms with Crippen LogP contribution in [0.3, 0.4) is 0 Å². The minimum atomic E-state index is 0.174. The molecule has 0 aromatic heterocycles. The lowest BCUT2D eigenvalue weighted by molar-refractivity contribution is 0.0160. The van der Waals surface area contributed by atoms with Crippen molar-refractivity contribution in [3.63, 3.8) is 0 Å². The van der Waals surface area contributed by atoms with E-state index in [-0.39, 0.29) is 5.92 Å². The molecule has 0 N–H and O–H groups in total. The van der Waals surface area contributed by atoms with Crippen LogP contribution in [0.25, 0.3) is 0 Å². The molecule has 1 aliphatic rings. The van der Waals surface area contributed by atoms with Crippen molar-refractivity contribution in [2.45, 2.75) is 66.0 Å². The molecule has 0 aromatic rings. The zero-order valence-corrected chi connectivity index (χ0v) is 14.1. The molecule has 0 bridgehead atoms. The minimum absolute atomic E-state index is 0.174. The molecule has 0 aliphatic heterocycles. The SMILES string of the molecule is CCN(C(C)COC)C1CC(C(C)(C)C)CCC1C#N. The third kappa shape index (κ3) is 4.20. The van der Waals surface area contributed by atoms with Crippen LogP contribution in [-0.2, 0) is 4.74 Å². The summed E-state index contributed by atoms with van der Waals surface area (Å²) in [5, 5.41) is 9.50. The number of methoxy groups -OCH3 is 1. The van der Waals surface area contributed by atoms with E-state index < -0.39 is 0 Å². The molecule has 4 unspecified atom stereocenters. The lowest BCUT2D eigenvalue weighted by Gasteiger charge is -2.46. The fourth-order valence-electron chi connectivity index (χ4n) is 3.66. The third-order valence-corrected chi connectivity index (χ3v) is 4.97. The summed E-state index contributed by atoms with van der Waals surface area (Å²) in [5.41, 5.74) is 0.336. The quantitative estimate of drug-likeness (QED) is 0.770. The molecule has 1 aliphatic carbocycles. The van der Waals surface area contributed by atoms with Gasteiger partial charge in [-0.2, -0.15) is 5.26 Å². The Kier molecular flexibility index (Phi) is 6.48. The second kappa shape index (κ2) is 7.43. The van der Waals surface area contributed by atoms with Gasteiger partial charge in [0.05, 0.1) is 18.6 Å². The van der Waals surface area contributed by atoms with Crippen molar-refractivity contribution in [1.82, 2.24) is 4.90 Å². The zero-order chi connectivity index (χ0) is 15.3. The van der Waals surface area contributed by atoms with Gasteiger partial charge in [0.15, 0.2) is 0 Å². The van der Waals surface area contributed by atoms with Crippen molar-refractivity contribution >= 4 is 0 Å². The Labute approximate surface area is 125 Å². The van der Waals surface area contributed by atoms with Crippen LogP contribution < -0.4 is 0 Å². The van der Waals surface area contributed by atoms with Crippen LogP contribution >= 0.6 is 0 Å². The van der Waals surface area contributed by atoms with Crippen LogP contribution in [0.1, 0.15) is 53.9 Å². The molecule has 0 heterocycles. The summed E-state index contributed by atoms with van der Waals surface area (Å²) >= 11 is 0. The third-order valence-electron chi connectivity index (χ3n) is 4.97. The summed E-state index contributed by atoms with van der Waals surface area (Å²) < 4.78 is 5.32. The number of hydrogen-bond donors (Lipinski definition) is 0. The Bertz CT molecular complexity index is 329. The van der Waals surface area contributed by atoms with Gasteiger partial charge in [0.25, 0.3) is 0 Å². The lowest BCUT2D eigenvalue weighted by Crippen LogP contribution is -2.50. The van der Waals surface area contributed by atoms with Gasteiger partial charge >= 0.3 is 0 Å². The van der Waals surface area contributed by atoms with Gasteiger partial charge in [0.1, 0.15) is 0 Å². The number of nitrogens with zero attached hydrogens (tertiary/aromatic N) is 2. The minimum Gasteiger partial charge on any atom is -0.383 e. The molecule has 4 atom stereocenters. The summed E-state index contributed by atoms with van der Waals surface area (Å²) in [6, 6.07) is 3.32. The first-order valence-corrected chi connectivity index (χ1v) is 7.99. The van der Waals surface area contributed by atoms with E-state index in [2.05, 4.69) is 45.6 Å². The number of nitriles is 1. The van der Waals surface area contributed by atoms with Gasteiger partial charge in [-0.15, -0.1) is 0 Å². The highest BCUT2D eigenvalue weighted by molar-refractivity contribution is 5.00. The zero-order valence-electron chi connectivity index (χ0n) is 14.1. The summed E-state index contributed by atoms with van der Waals surface area (Å²) in [5.74, 6) is 0.883. The van der Waals surface area contributed by atoms with Gasteiger partial charge in [0.2, 0.25) is 0 Å². The smallest absolute Gasteiger partial charge is 0.0672 e. The van der Waals surface area contributed by atoms with Crippen LogP contribution in [0.2, 0.25) is 0 Å². The molecule has 1 saturated carbocycles. The summed E-state index contributed by atoms with van der Waals surface area (Å²) in [7, 11) is 1.75. The average molecular weight is 280 g/mol. The van der Waals surface area contributed by atoms with Gasteiger partial charge in [-0.25, -0.2) is 0 Å². The molecule has 0 aromatic carbocycles. The van der Waals surface area contributed by atoms with Gasteiger partial charge < -0.3 is 4.74 Å². The summed E-state index contributed by atoms with van der Waals surface area (Å²) in [6.07, 6.45) is 3.37. The predicted octanol–water partition coefficient (Wildman–Crippen LogP) is 3.70. The number of likely N-dealkylation sites (N-methyl/N-ethyl adjacent to an activating group) is 1. The van der Waals surface area contributed by atoms with Crippen LogP contribution in [0.5, 0.6) is 0 Å². The molecule has 1 fully saturated rings. The normalized spacial score (nSPS) is 29.2. The largest absolute Gasteiger partial charge is 0.383 e. The molecule has 1 rings (SSSR count). The van der Waals surface area contributed by atoms with Crippen molar-refractivity contribution in [3.8, 4) is 6.07 Å². The highest BCUT2D eigenvalue weighted by Crippen LogP contribution is 2.41. The molecule has 20 heavy (non-hydrogen) atoms. The second-order valence-corrected chi connectivity index (χ2v) is 7.31. The average Bonchev–Trinajstić information content (AvgIpc) is 2.38. The van der Waals surface area contributed by atoms with Crippen LogP contribution in [0, 0.1) is 28.6 Å². The Balaban J connectivity index is 2.87. The van der Waals surface area contributed by atoms with Gasteiger partial charge in [-0.3, -0.25) is 4.90 Å². The first-order valence-electron chi connectivity index (χ1n) is 7.99. The molecule has 3 nitrogen and oxygen atoms in total. The number of ether oxygens (including phenoxy) is 1. The maximum absolute atomic E-state index is 9.50. The summed E-state index contributed by atoms with van der Waals surface area (Å²) in [6.45, 7) is 13.1. The first kappa shape index (κ1) is 17.5. The molecule has 0 saturated heterocycles. The van der Waals surface area contributed by atoms with Gasteiger partial charge in [0, 0.05) is 19.2 Å².